The van der Waals surface area contributed by atoms with E-state index in [0.717, 1.165) is 0 Å². The summed E-state index contributed by atoms with van der Waals surface area (Å²) in [5.41, 5.74) is 38.3. The van der Waals surface area contributed by atoms with Gasteiger partial charge in [0.2, 0.25) is 29.7 Å². The second kappa shape index (κ2) is 12.8. The van der Waals surface area contributed by atoms with Crippen LogP contribution < -0.4 is 44.7 Å². The van der Waals surface area contributed by atoms with Gasteiger partial charge in [-0.25, -0.2) is 15.3 Å². The fourth-order valence-corrected chi connectivity index (χ4v) is 2.87. The number of rotatable bonds is 7. The van der Waals surface area contributed by atoms with Crippen molar-refractivity contribution in [3.63, 3.8) is 0 Å². The van der Waals surface area contributed by atoms with Crippen LogP contribution in [-0.2, 0) is 4.79 Å². The summed E-state index contributed by atoms with van der Waals surface area (Å²) in [5.74, 6) is -0.977. The molecule has 0 bridgehead atoms. The predicted octanol–water partition coefficient (Wildman–Crippen LogP) is -0.500. The molecule has 0 aliphatic carbocycles. The highest BCUT2D eigenvalue weighted by molar-refractivity contribution is 6.16. The Morgan fingerprint density at radius 3 is 1.78 bits per heavy atom. The lowest BCUT2D eigenvalue weighted by molar-refractivity contribution is -0.115. The smallest absolute Gasteiger partial charge is 0.231 e. The van der Waals surface area contributed by atoms with E-state index in [0.29, 0.717) is 33.9 Å². The van der Waals surface area contributed by atoms with Gasteiger partial charge in [-0.3, -0.25) is 4.79 Å². The standard InChI is InChI=1S/C22H30N14O/c1-12(30-32-19(23)24)15-6-4-8-17(10-15)29-22(35-34-21(27)28)36(14(3)37)18-9-5-7-16(11-18)13(2)31-33-20(25)26/h4-11H,1-3H3,(H,29,35)(H4,23,24,32)(H4,25,26,33)(H4,27,28,34). The molecule has 194 valence electrons. The first-order chi connectivity index (χ1) is 17.5. The number of carbonyl (C=O) groups is 1. The average molecular weight is 507 g/mol. The molecular formula is C22H30N14O. The number of amides is 1. The summed E-state index contributed by atoms with van der Waals surface area (Å²) in [7, 11) is 0. The normalized spacial score (nSPS) is 11.8. The molecule has 13 N–H and O–H groups in total. The molecule has 0 fully saturated rings. The summed E-state index contributed by atoms with van der Waals surface area (Å²) in [6.45, 7) is 4.81. The van der Waals surface area contributed by atoms with Crippen LogP contribution in [0.2, 0.25) is 0 Å². The van der Waals surface area contributed by atoms with Crippen LogP contribution in [0.25, 0.3) is 0 Å². The Bertz CT molecular complexity index is 1310. The van der Waals surface area contributed by atoms with E-state index in [1.165, 1.54) is 11.8 Å². The fourth-order valence-electron chi connectivity index (χ4n) is 2.87. The quantitative estimate of drug-likeness (QED) is 0.146. The second-order valence-electron chi connectivity index (χ2n) is 7.46. The van der Waals surface area contributed by atoms with Crippen molar-refractivity contribution in [1.29, 1.82) is 0 Å². The van der Waals surface area contributed by atoms with Gasteiger partial charge in [0, 0.05) is 6.92 Å². The first-order valence-corrected chi connectivity index (χ1v) is 10.7. The molecule has 0 aliphatic heterocycles. The van der Waals surface area contributed by atoms with Crippen molar-refractivity contribution >= 4 is 52.5 Å². The zero-order valence-electron chi connectivity index (χ0n) is 20.6. The number of benzene rings is 2. The summed E-state index contributed by atoms with van der Waals surface area (Å²) in [6, 6.07) is 13.9. The maximum absolute atomic E-state index is 12.8. The van der Waals surface area contributed by atoms with E-state index in [1.54, 1.807) is 62.4 Å². The van der Waals surface area contributed by atoms with Crippen LogP contribution in [0.3, 0.4) is 0 Å². The monoisotopic (exact) mass is 506 g/mol. The van der Waals surface area contributed by atoms with E-state index < -0.39 is 0 Å². The highest BCUT2D eigenvalue weighted by Crippen LogP contribution is 2.21. The van der Waals surface area contributed by atoms with Gasteiger partial charge in [0.05, 0.1) is 22.8 Å². The van der Waals surface area contributed by atoms with Gasteiger partial charge in [-0.05, 0) is 49.2 Å². The van der Waals surface area contributed by atoms with Crippen molar-refractivity contribution in [1.82, 2.24) is 5.43 Å². The third-order valence-electron chi connectivity index (χ3n) is 4.46. The molecule has 15 nitrogen and oxygen atoms in total. The molecule has 0 spiro atoms. The lowest BCUT2D eigenvalue weighted by Crippen LogP contribution is -2.43. The minimum absolute atomic E-state index is 0.0211. The molecule has 0 saturated carbocycles. The number of hydrogen-bond acceptors (Lipinski definition) is 7. The van der Waals surface area contributed by atoms with Gasteiger partial charge in [-0.15, -0.1) is 15.3 Å². The maximum Gasteiger partial charge on any atom is 0.231 e. The topological polar surface area (TPSA) is 263 Å². The number of nitrogens with zero attached hydrogens (tertiary/aromatic N) is 7. The van der Waals surface area contributed by atoms with Crippen LogP contribution >= 0.6 is 0 Å². The van der Waals surface area contributed by atoms with Crippen molar-refractivity contribution in [3.05, 3.63) is 59.7 Å². The van der Waals surface area contributed by atoms with E-state index in [-0.39, 0.29) is 29.7 Å². The van der Waals surface area contributed by atoms with Crippen LogP contribution in [0, 0.1) is 0 Å². The highest BCUT2D eigenvalue weighted by Gasteiger charge is 2.20. The number of guanidine groups is 4. The maximum atomic E-state index is 12.8. The van der Waals surface area contributed by atoms with E-state index in [2.05, 4.69) is 35.9 Å². The van der Waals surface area contributed by atoms with E-state index in [9.17, 15) is 4.79 Å². The second-order valence-corrected chi connectivity index (χ2v) is 7.46. The van der Waals surface area contributed by atoms with Crippen molar-refractivity contribution in [2.45, 2.75) is 20.8 Å². The summed E-state index contributed by atoms with van der Waals surface area (Å²) in [6.07, 6.45) is 0. The molecule has 0 saturated heterocycles. The molecule has 1 amide bonds. The predicted molar refractivity (Wildman–Crippen MR) is 148 cm³/mol. The average Bonchev–Trinajstić information content (AvgIpc) is 2.84. The fraction of sp³-hybridized carbons (Fsp3) is 0.136. The van der Waals surface area contributed by atoms with Crippen LogP contribution in [0.15, 0.2) is 79.0 Å². The van der Waals surface area contributed by atoms with Gasteiger partial charge >= 0.3 is 0 Å². The third kappa shape index (κ3) is 8.67. The molecule has 2 rings (SSSR count). The molecule has 0 aliphatic rings. The van der Waals surface area contributed by atoms with Crippen LogP contribution in [0.5, 0.6) is 0 Å². The van der Waals surface area contributed by atoms with Crippen LogP contribution in [-0.4, -0.2) is 41.2 Å². The van der Waals surface area contributed by atoms with E-state index in [4.69, 9.17) is 34.4 Å². The van der Waals surface area contributed by atoms with Gasteiger partial charge in [0.1, 0.15) is 0 Å². The summed E-state index contributed by atoms with van der Waals surface area (Å²) in [5, 5.41) is 19.1. The summed E-state index contributed by atoms with van der Waals surface area (Å²) < 4.78 is 0. The Hall–Kier alpha value is -5.47. The first-order valence-electron chi connectivity index (χ1n) is 10.7. The zero-order chi connectivity index (χ0) is 27.5. The molecule has 15 heteroatoms. The Balaban J connectivity index is 2.62. The number of nitrogens with two attached hydrogens (primary N) is 6. The van der Waals surface area contributed by atoms with Crippen molar-refractivity contribution in [2.75, 3.05) is 4.90 Å². The molecular weight excluding hydrogens is 476 g/mol. The Morgan fingerprint density at radius 2 is 1.27 bits per heavy atom. The van der Waals surface area contributed by atoms with Crippen molar-refractivity contribution in [2.24, 2.45) is 64.9 Å². The van der Waals surface area contributed by atoms with Gasteiger partial charge in [-0.1, -0.05) is 24.3 Å². The minimum Gasteiger partial charge on any atom is -0.369 e. The largest absolute Gasteiger partial charge is 0.369 e. The van der Waals surface area contributed by atoms with Gasteiger partial charge in [0.25, 0.3) is 0 Å². The van der Waals surface area contributed by atoms with E-state index >= 15 is 0 Å². The Labute approximate surface area is 213 Å². The molecule has 0 unspecified atom stereocenters. The molecule has 37 heavy (non-hydrogen) atoms. The SMILES string of the molecule is CC(=O)N(C(=Nc1cccc(C(C)=NN=C(N)N)c1)NN=C(N)N)c1cccc(C(C)=NN=C(N)N)c1. The molecule has 2 aromatic carbocycles. The van der Waals surface area contributed by atoms with Crippen LogP contribution in [0.4, 0.5) is 11.4 Å². The minimum atomic E-state index is -0.380. The number of anilines is 1. The highest BCUT2D eigenvalue weighted by atomic mass is 16.2. The molecule has 2 aromatic rings. The first kappa shape index (κ1) is 27.8. The van der Waals surface area contributed by atoms with E-state index in [1.807, 2.05) is 0 Å². The number of aliphatic imine (C=N–C) groups is 1. The molecule has 0 atom stereocenters. The third-order valence-corrected chi connectivity index (χ3v) is 4.46. The lowest BCUT2D eigenvalue weighted by Gasteiger charge is -2.23. The number of hydrazone groups is 1. The van der Waals surface area contributed by atoms with Gasteiger partial charge < -0.3 is 34.4 Å². The van der Waals surface area contributed by atoms with Crippen molar-refractivity contribution in [3.8, 4) is 0 Å². The Kier molecular flexibility index (Phi) is 9.64. The lowest BCUT2D eigenvalue weighted by atomic mass is 10.1. The molecule has 0 aromatic heterocycles. The Morgan fingerprint density at radius 1 is 0.730 bits per heavy atom. The molecule has 0 heterocycles. The summed E-state index contributed by atoms with van der Waals surface area (Å²) >= 11 is 0. The zero-order valence-corrected chi connectivity index (χ0v) is 20.6. The number of hydrogen-bond donors (Lipinski definition) is 7. The number of nitrogens with one attached hydrogen (secondary N) is 1. The van der Waals surface area contributed by atoms with Crippen molar-refractivity contribution < 1.29 is 4.79 Å². The summed E-state index contributed by atoms with van der Waals surface area (Å²) in [4.78, 5) is 18.6. The number of carbonyl (C=O) groups excluding carboxylic acids is 1. The van der Waals surface area contributed by atoms with Gasteiger partial charge in [0.15, 0.2) is 0 Å². The molecule has 0 radical (unpaired) electrons. The van der Waals surface area contributed by atoms with Gasteiger partial charge in [-0.2, -0.15) is 10.2 Å². The van der Waals surface area contributed by atoms with Crippen LogP contribution in [0.1, 0.15) is 31.9 Å².